The van der Waals surface area contributed by atoms with Gasteiger partial charge in [0.2, 0.25) is 0 Å². The van der Waals surface area contributed by atoms with Gasteiger partial charge in [0.05, 0.1) is 7.11 Å². The monoisotopic (exact) mass is 276 g/mol. The van der Waals surface area contributed by atoms with Crippen molar-refractivity contribution >= 4 is 15.7 Å². The van der Waals surface area contributed by atoms with Crippen molar-refractivity contribution in [3.63, 3.8) is 0 Å². The molecule has 0 atom stereocenters. The normalized spacial score (nSPS) is 11.1. The van der Waals surface area contributed by atoms with E-state index in [1.807, 2.05) is 0 Å². The van der Waals surface area contributed by atoms with Gasteiger partial charge < -0.3 is 4.74 Å². The average Bonchev–Trinajstić information content (AvgIpc) is 2.41. The molecule has 0 fully saturated rings. The average molecular weight is 276 g/mol. The summed E-state index contributed by atoms with van der Waals surface area (Å²) in [6, 6.07) is 13.3. The van der Waals surface area contributed by atoms with Crippen molar-refractivity contribution in [2.24, 2.45) is 0 Å². The molecule has 0 spiro atoms. The summed E-state index contributed by atoms with van der Waals surface area (Å²) in [5.74, 6) is 0.309. The van der Waals surface area contributed by atoms with Crippen molar-refractivity contribution in [3.8, 4) is 5.75 Å². The Hall–Kier alpha value is -2.01. The third-order valence-corrected chi connectivity index (χ3v) is 3.99. The first-order chi connectivity index (χ1) is 9.03. The summed E-state index contributed by atoms with van der Waals surface area (Å²) in [5, 5.41) is 0. The molecule has 1 radical (unpaired) electrons. The van der Waals surface area contributed by atoms with Crippen LogP contribution in [0.2, 0.25) is 0 Å². The molecule has 0 aliphatic carbocycles. The Morgan fingerprint density at radius 1 is 1.05 bits per heavy atom. The number of methoxy groups -OCH3 is 1. The number of para-hydroxylation sites is 1. The molecular formula is C14H14NO3S. The van der Waals surface area contributed by atoms with E-state index in [9.17, 15) is 8.42 Å². The van der Waals surface area contributed by atoms with Crippen molar-refractivity contribution in [1.82, 2.24) is 0 Å². The topological polar surface area (TPSA) is 55.4 Å². The lowest BCUT2D eigenvalue weighted by atomic mass is 10.2. The molecule has 19 heavy (non-hydrogen) atoms. The molecule has 5 heteroatoms. The Kier molecular flexibility index (Phi) is 3.76. The van der Waals surface area contributed by atoms with E-state index in [2.05, 4.69) is 11.6 Å². The van der Waals surface area contributed by atoms with Crippen molar-refractivity contribution in [1.29, 1.82) is 0 Å². The Bertz CT molecular complexity index is 663. The highest BCUT2D eigenvalue weighted by Crippen LogP contribution is 2.25. The molecule has 0 aromatic heterocycles. The van der Waals surface area contributed by atoms with Crippen LogP contribution >= 0.6 is 0 Å². The van der Waals surface area contributed by atoms with Crippen LogP contribution in [0, 0.1) is 6.92 Å². The number of ether oxygens (including phenoxy) is 1. The first-order valence-electron chi connectivity index (χ1n) is 5.61. The van der Waals surface area contributed by atoms with Crippen LogP contribution in [0.5, 0.6) is 5.75 Å². The van der Waals surface area contributed by atoms with Gasteiger partial charge in [-0.3, -0.25) is 4.72 Å². The van der Waals surface area contributed by atoms with Crippen molar-refractivity contribution in [3.05, 3.63) is 61.0 Å². The quantitative estimate of drug-likeness (QED) is 0.934. The summed E-state index contributed by atoms with van der Waals surface area (Å²) >= 11 is 0. The number of hydrogen-bond donors (Lipinski definition) is 1. The molecule has 0 bridgehead atoms. The smallest absolute Gasteiger partial charge is 0.265 e. The Labute approximate surface area is 113 Å². The molecule has 2 rings (SSSR count). The molecule has 2 aromatic carbocycles. The predicted octanol–water partition coefficient (Wildman–Crippen LogP) is 2.68. The van der Waals surface area contributed by atoms with Crippen LogP contribution in [0.3, 0.4) is 0 Å². The summed E-state index contributed by atoms with van der Waals surface area (Å²) in [6.45, 7) is 3.75. The Balaban J connectivity index is 2.35. The highest BCUT2D eigenvalue weighted by Gasteiger charge is 2.18. The van der Waals surface area contributed by atoms with E-state index in [1.165, 1.54) is 13.2 Å². The lowest BCUT2D eigenvalue weighted by Gasteiger charge is -2.11. The van der Waals surface area contributed by atoms with Crippen LogP contribution in [0.1, 0.15) is 5.56 Å². The van der Waals surface area contributed by atoms with Gasteiger partial charge in [-0.25, -0.2) is 8.42 Å². The predicted molar refractivity (Wildman–Crippen MR) is 74.7 cm³/mol. The summed E-state index contributed by atoms with van der Waals surface area (Å²) in [4.78, 5) is 0.108. The maximum atomic E-state index is 12.3. The van der Waals surface area contributed by atoms with Gasteiger partial charge in [0.1, 0.15) is 10.6 Å². The third-order valence-electron chi connectivity index (χ3n) is 2.56. The van der Waals surface area contributed by atoms with Gasteiger partial charge in [-0.1, -0.05) is 24.3 Å². The van der Waals surface area contributed by atoms with Gasteiger partial charge in [-0.2, -0.15) is 0 Å². The van der Waals surface area contributed by atoms with Crippen LogP contribution in [0.25, 0.3) is 0 Å². The largest absolute Gasteiger partial charge is 0.495 e. The SMILES string of the molecule is [CH2]c1ccc(NS(=O)(=O)c2ccccc2OC)cc1. The molecule has 0 heterocycles. The van der Waals surface area contributed by atoms with E-state index < -0.39 is 10.0 Å². The van der Waals surface area contributed by atoms with E-state index in [-0.39, 0.29) is 4.90 Å². The number of sulfonamides is 1. The molecular weight excluding hydrogens is 262 g/mol. The van der Waals surface area contributed by atoms with Gasteiger partial charge in [-0.15, -0.1) is 0 Å². The van der Waals surface area contributed by atoms with Crippen molar-refractivity contribution in [2.45, 2.75) is 4.90 Å². The fraction of sp³-hybridized carbons (Fsp3) is 0.0714. The zero-order valence-corrected chi connectivity index (χ0v) is 11.3. The molecule has 0 amide bonds. The van der Waals surface area contributed by atoms with E-state index in [0.717, 1.165) is 5.56 Å². The molecule has 0 aliphatic rings. The van der Waals surface area contributed by atoms with Crippen LogP contribution in [-0.2, 0) is 10.0 Å². The second-order valence-corrected chi connectivity index (χ2v) is 5.60. The van der Waals surface area contributed by atoms with Crippen LogP contribution in [0.15, 0.2) is 53.4 Å². The van der Waals surface area contributed by atoms with Gasteiger partial charge in [0.15, 0.2) is 0 Å². The van der Waals surface area contributed by atoms with Gasteiger partial charge in [0, 0.05) is 5.69 Å². The lowest BCUT2D eigenvalue weighted by molar-refractivity contribution is 0.403. The lowest BCUT2D eigenvalue weighted by Crippen LogP contribution is -2.13. The Morgan fingerprint density at radius 2 is 1.68 bits per heavy atom. The van der Waals surface area contributed by atoms with Gasteiger partial charge >= 0.3 is 0 Å². The van der Waals surface area contributed by atoms with Crippen molar-refractivity contribution in [2.75, 3.05) is 11.8 Å². The fourth-order valence-electron chi connectivity index (χ4n) is 1.62. The fourth-order valence-corrected chi connectivity index (χ4v) is 2.85. The number of anilines is 1. The molecule has 0 saturated heterocycles. The number of nitrogens with one attached hydrogen (secondary N) is 1. The van der Waals surface area contributed by atoms with Crippen LogP contribution < -0.4 is 9.46 Å². The number of benzene rings is 2. The summed E-state index contributed by atoms with van der Waals surface area (Å²) in [5.41, 5.74) is 1.30. The maximum Gasteiger partial charge on any atom is 0.265 e. The van der Waals surface area contributed by atoms with Crippen molar-refractivity contribution < 1.29 is 13.2 Å². The molecule has 4 nitrogen and oxygen atoms in total. The standard InChI is InChI=1S/C14H14NO3S/c1-11-7-9-12(10-8-11)15-19(16,17)14-6-4-3-5-13(14)18-2/h3-10,15H,1H2,2H3. The zero-order valence-electron chi connectivity index (χ0n) is 10.5. The molecule has 0 unspecified atom stereocenters. The van der Waals surface area contributed by atoms with Gasteiger partial charge in [0.25, 0.3) is 10.0 Å². The van der Waals surface area contributed by atoms with Crippen LogP contribution in [-0.4, -0.2) is 15.5 Å². The first-order valence-corrected chi connectivity index (χ1v) is 7.09. The van der Waals surface area contributed by atoms with Gasteiger partial charge in [-0.05, 0) is 36.8 Å². The highest BCUT2D eigenvalue weighted by atomic mass is 32.2. The molecule has 2 aromatic rings. The minimum absolute atomic E-state index is 0.108. The number of hydrogen-bond acceptors (Lipinski definition) is 3. The van der Waals surface area contributed by atoms with E-state index in [1.54, 1.807) is 42.5 Å². The highest BCUT2D eigenvalue weighted by molar-refractivity contribution is 7.92. The van der Waals surface area contributed by atoms with E-state index >= 15 is 0 Å². The maximum absolute atomic E-state index is 12.3. The van der Waals surface area contributed by atoms with E-state index in [0.29, 0.717) is 11.4 Å². The Morgan fingerprint density at radius 3 is 2.32 bits per heavy atom. The minimum Gasteiger partial charge on any atom is -0.495 e. The minimum atomic E-state index is -3.66. The summed E-state index contributed by atoms with van der Waals surface area (Å²) < 4.78 is 32.1. The first kappa shape index (κ1) is 13.4. The van der Waals surface area contributed by atoms with Crippen LogP contribution in [0.4, 0.5) is 5.69 Å². The van der Waals surface area contributed by atoms with E-state index in [4.69, 9.17) is 4.74 Å². The zero-order chi connectivity index (χ0) is 13.9. The third kappa shape index (κ3) is 3.06. The second kappa shape index (κ2) is 5.32. The second-order valence-electron chi connectivity index (χ2n) is 3.95. The molecule has 99 valence electrons. The molecule has 1 N–H and O–H groups in total. The number of rotatable bonds is 4. The molecule has 0 saturated carbocycles. The summed E-state index contributed by atoms with van der Waals surface area (Å²) in [7, 11) is -2.23. The molecule has 0 aliphatic heterocycles. The summed E-state index contributed by atoms with van der Waals surface area (Å²) in [6.07, 6.45) is 0.